The van der Waals surface area contributed by atoms with E-state index >= 15 is 0 Å². The molecule has 1 aromatic carbocycles. The number of methoxy groups -OCH3 is 1. The molecule has 0 bridgehead atoms. The van der Waals surface area contributed by atoms with Crippen molar-refractivity contribution < 1.29 is 4.74 Å². The lowest BCUT2D eigenvalue weighted by Gasteiger charge is -2.09. The van der Waals surface area contributed by atoms with Crippen LogP contribution in [0.5, 0.6) is 5.75 Å². The standard InChI is InChI=1S/C11H12N4OS/c1-16-7-2-3-9(8(12)6-7)14-10-4-5-13-11(17)15-10/h2-6H,12H2,1H3,(H2,13,14,15,17). The van der Waals surface area contributed by atoms with Crippen LogP contribution in [0.4, 0.5) is 17.2 Å². The molecule has 0 aliphatic carbocycles. The van der Waals surface area contributed by atoms with E-state index in [4.69, 9.17) is 10.5 Å². The Labute approximate surface area is 104 Å². The molecule has 5 nitrogen and oxygen atoms in total. The molecule has 17 heavy (non-hydrogen) atoms. The van der Waals surface area contributed by atoms with Crippen molar-refractivity contribution >= 4 is 29.8 Å². The molecule has 3 N–H and O–H groups in total. The van der Waals surface area contributed by atoms with E-state index in [0.29, 0.717) is 22.4 Å². The zero-order chi connectivity index (χ0) is 12.3. The first-order valence-corrected chi connectivity index (χ1v) is 5.36. The molecule has 0 saturated heterocycles. The Kier molecular flexibility index (Phi) is 3.34. The first kappa shape index (κ1) is 11.5. The quantitative estimate of drug-likeness (QED) is 0.441. The fourth-order valence-electron chi connectivity index (χ4n) is 1.34. The Morgan fingerprint density at radius 1 is 1.35 bits per heavy atom. The molecular formula is C11H12N4OS. The van der Waals surface area contributed by atoms with E-state index in [0.717, 1.165) is 5.69 Å². The molecule has 0 aliphatic rings. The molecule has 0 atom stereocenters. The molecule has 1 aromatic heterocycles. The van der Waals surface area contributed by atoms with Crippen LogP contribution in [0, 0.1) is 0 Å². The predicted molar refractivity (Wildman–Crippen MR) is 70.0 cm³/mol. The number of nitrogens with two attached hydrogens (primary N) is 1. The molecule has 0 amide bonds. The largest absolute Gasteiger partial charge is 0.497 e. The van der Waals surface area contributed by atoms with Gasteiger partial charge in [0.05, 0.1) is 18.5 Å². The number of hydrogen-bond donors (Lipinski definition) is 3. The van der Waals surface area contributed by atoms with Crippen LogP contribution in [0.3, 0.4) is 0 Å². The summed E-state index contributed by atoms with van der Waals surface area (Å²) in [4.78, 5) is 8.00. The monoisotopic (exact) mass is 248 g/mol. The van der Waals surface area contributed by atoms with E-state index in [9.17, 15) is 0 Å². The topological polar surface area (TPSA) is 73.1 Å². The number of benzene rings is 1. The van der Waals surface area contributed by atoms with Gasteiger partial charge in [-0.2, -0.15) is 0 Å². The van der Waals surface area contributed by atoms with Crippen molar-refractivity contribution in [2.75, 3.05) is 18.2 Å². The van der Waals surface area contributed by atoms with Crippen molar-refractivity contribution in [1.29, 1.82) is 0 Å². The Morgan fingerprint density at radius 3 is 2.82 bits per heavy atom. The lowest BCUT2D eigenvalue weighted by Crippen LogP contribution is -1.99. The van der Waals surface area contributed by atoms with Crippen molar-refractivity contribution in [3.8, 4) is 5.75 Å². The smallest absolute Gasteiger partial charge is 0.186 e. The average molecular weight is 248 g/mol. The number of nitrogen functional groups attached to an aromatic ring is 1. The highest BCUT2D eigenvalue weighted by atomic mass is 32.1. The minimum atomic E-state index is 0.405. The third-order valence-electron chi connectivity index (χ3n) is 2.16. The molecule has 0 unspecified atom stereocenters. The Morgan fingerprint density at radius 2 is 2.18 bits per heavy atom. The molecule has 0 fully saturated rings. The lowest BCUT2D eigenvalue weighted by atomic mass is 10.2. The normalized spacial score (nSPS) is 10.0. The molecule has 1 heterocycles. The van der Waals surface area contributed by atoms with Gasteiger partial charge in [-0.05, 0) is 18.2 Å². The summed E-state index contributed by atoms with van der Waals surface area (Å²) in [6, 6.07) is 7.13. The van der Waals surface area contributed by atoms with Crippen LogP contribution in [0.1, 0.15) is 0 Å². The fourth-order valence-corrected chi connectivity index (χ4v) is 1.51. The summed E-state index contributed by atoms with van der Waals surface area (Å²) in [5.74, 6) is 1.35. The summed E-state index contributed by atoms with van der Waals surface area (Å²) < 4.78 is 5.07. The molecule has 2 rings (SSSR count). The number of aromatic nitrogens is 2. The highest BCUT2D eigenvalue weighted by Gasteiger charge is 2.02. The van der Waals surface area contributed by atoms with E-state index in [1.165, 1.54) is 0 Å². The van der Waals surface area contributed by atoms with Crippen molar-refractivity contribution in [3.05, 3.63) is 30.5 Å². The Bertz CT molecular complexity index is 533. The predicted octanol–water partition coefficient (Wildman–Crippen LogP) is 2.10. The summed E-state index contributed by atoms with van der Waals surface area (Å²) in [6.07, 6.45) is 1.62. The van der Waals surface area contributed by atoms with E-state index in [1.54, 1.807) is 25.4 Å². The van der Waals surface area contributed by atoms with Gasteiger partial charge in [0.15, 0.2) is 5.16 Å². The fraction of sp³-hybridized carbons (Fsp3) is 0.0909. The van der Waals surface area contributed by atoms with E-state index in [2.05, 4.69) is 27.9 Å². The van der Waals surface area contributed by atoms with Gasteiger partial charge in [0, 0.05) is 12.3 Å². The first-order valence-electron chi connectivity index (χ1n) is 4.91. The number of ether oxygens (including phenoxy) is 1. The highest BCUT2D eigenvalue weighted by Crippen LogP contribution is 2.26. The third-order valence-corrected chi connectivity index (χ3v) is 2.38. The van der Waals surface area contributed by atoms with Gasteiger partial charge in [0.2, 0.25) is 0 Å². The molecule has 88 valence electrons. The molecule has 0 radical (unpaired) electrons. The number of anilines is 3. The van der Waals surface area contributed by atoms with Crippen LogP contribution in [0.2, 0.25) is 0 Å². The van der Waals surface area contributed by atoms with Crippen LogP contribution in [-0.2, 0) is 0 Å². The maximum Gasteiger partial charge on any atom is 0.186 e. The highest BCUT2D eigenvalue weighted by molar-refractivity contribution is 7.80. The summed E-state index contributed by atoms with van der Waals surface area (Å²) in [5, 5.41) is 3.49. The molecule has 2 aromatic rings. The minimum Gasteiger partial charge on any atom is -0.497 e. The summed E-state index contributed by atoms with van der Waals surface area (Å²) in [5.41, 5.74) is 7.23. The van der Waals surface area contributed by atoms with Gasteiger partial charge in [0.1, 0.15) is 11.6 Å². The second-order valence-electron chi connectivity index (χ2n) is 3.32. The van der Waals surface area contributed by atoms with E-state index in [1.807, 2.05) is 12.1 Å². The van der Waals surface area contributed by atoms with Gasteiger partial charge in [-0.3, -0.25) is 0 Å². The maximum atomic E-state index is 5.88. The lowest BCUT2D eigenvalue weighted by molar-refractivity contribution is 0.415. The van der Waals surface area contributed by atoms with Crippen LogP contribution < -0.4 is 15.8 Å². The Balaban J connectivity index is 2.24. The van der Waals surface area contributed by atoms with Gasteiger partial charge in [-0.1, -0.05) is 0 Å². The van der Waals surface area contributed by atoms with Crippen molar-refractivity contribution in [3.63, 3.8) is 0 Å². The third kappa shape index (κ3) is 2.79. The number of nitrogens with one attached hydrogen (secondary N) is 1. The average Bonchev–Trinajstić information content (AvgIpc) is 2.32. The Hall–Kier alpha value is -1.95. The van der Waals surface area contributed by atoms with Crippen molar-refractivity contribution in [1.82, 2.24) is 9.97 Å². The summed E-state index contributed by atoms with van der Waals surface area (Å²) in [7, 11) is 1.60. The van der Waals surface area contributed by atoms with E-state index in [-0.39, 0.29) is 0 Å². The van der Waals surface area contributed by atoms with Gasteiger partial charge >= 0.3 is 0 Å². The summed E-state index contributed by atoms with van der Waals surface area (Å²) >= 11 is 4.06. The second-order valence-corrected chi connectivity index (χ2v) is 3.72. The van der Waals surface area contributed by atoms with Gasteiger partial charge in [-0.25, -0.2) is 9.97 Å². The molecular weight excluding hydrogens is 236 g/mol. The molecule has 0 aliphatic heterocycles. The molecule has 0 spiro atoms. The first-order chi connectivity index (χ1) is 8.19. The SMILES string of the molecule is COc1ccc(Nc2ccnc(S)n2)c(N)c1. The number of rotatable bonds is 3. The number of hydrogen-bond acceptors (Lipinski definition) is 6. The zero-order valence-electron chi connectivity index (χ0n) is 9.21. The zero-order valence-corrected chi connectivity index (χ0v) is 10.1. The number of thiol groups is 1. The van der Waals surface area contributed by atoms with Gasteiger partial charge in [-0.15, -0.1) is 12.6 Å². The van der Waals surface area contributed by atoms with E-state index < -0.39 is 0 Å². The van der Waals surface area contributed by atoms with Crippen molar-refractivity contribution in [2.24, 2.45) is 0 Å². The summed E-state index contributed by atoms with van der Waals surface area (Å²) in [6.45, 7) is 0. The number of nitrogens with zero attached hydrogens (tertiary/aromatic N) is 2. The second kappa shape index (κ2) is 4.92. The van der Waals surface area contributed by atoms with Gasteiger partial charge in [0.25, 0.3) is 0 Å². The molecule has 6 heteroatoms. The van der Waals surface area contributed by atoms with Gasteiger partial charge < -0.3 is 15.8 Å². The van der Waals surface area contributed by atoms with Crippen LogP contribution in [0.25, 0.3) is 0 Å². The van der Waals surface area contributed by atoms with Crippen LogP contribution >= 0.6 is 12.6 Å². The maximum absolute atomic E-state index is 5.88. The molecule has 0 saturated carbocycles. The minimum absolute atomic E-state index is 0.405. The van der Waals surface area contributed by atoms with Crippen LogP contribution in [-0.4, -0.2) is 17.1 Å². The van der Waals surface area contributed by atoms with Crippen molar-refractivity contribution in [2.45, 2.75) is 5.16 Å². The van der Waals surface area contributed by atoms with Crippen LogP contribution in [0.15, 0.2) is 35.6 Å².